The van der Waals surface area contributed by atoms with Crippen molar-refractivity contribution in [2.75, 3.05) is 0 Å². The van der Waals surface area contributed by atoms with E-state index in [9.17, 15) is 0 Å². The Morgan fingerprint density at radius 1 is 0.536 bits per heavy atom. The molecule has 0 saturated heterocycles. The third-order valence-electron chi connectivity index (χ3n) is 5.38. The minimum Gasteiger partial charge on any atom is -0.353 e. The van der Waals surface area contributed by atoms with Gasteiger partial charge in [-0.05, 0) is 43.9 Å². The first-order chi connectivity index (χ1) is 13.6. The summed E-state index contributed by atoms with van der Waals surface area (Å²) in [5, 5.41) is 0. The van der Waals surface area contributed by atoms with Gasteiger partial charge >= 0.3 is 0 Å². The number of nitrogens with zero attached hydrogens (tertiary/aromatic N) is 1. The Kier molecular flexibility index (Phi) is 5.16. The predicted octanol–water partition coefficient (Wildman–Crippen LogP) is 6.99. The van der Waals surface area contributed by atoms with Crippen LogP contribution >= 0.6 is 0 Å². The molecular formula is C27H27N. The van der Waals surface area contributed by atoms with Gasteiger partial charge in [0, 0.05) is 30.1 Å². The normalized spacial score (nSPS) is 11.0. The van der Waals surface area contributed by atoms with Gasteiger partial charge in [0.05, 0.1) is 0 Å². The molecule has 0 amide bonds. The van der Waals surface area contributed by atoms with Crippen LogP contribution in [0.3, 0.4) is 0 Å². The van der Waals surface area contributed by atoms with Crippen molar-refractivity contribution in [2.45, 2.75) is 33.7 Å². The fourth-order valence-electron chi connectivity index (χ4n) is 3.58. The van der Waals surface area contributed by atoms with Crippen molar-refractivity contribution in [2.24, 2.45) is 0 Å². The van der Waals surface area contributed by atoms with Gasteiger partial charge in [-0.1, -0.05) is 89.5 Å². The van der Waals surface area contributed by atoms with Crippen molar-refractivity contribution >= 4 is 0 Å². The lowest BCUT2D eigenvalue weighted by atomic mass is 9.98. The lowest BCUT2D eigenvalue weighted by molar-refractivity contribution is 0.702. The molecule has 0 aliphatic carbocycles. The molecule has 3 aromatic carbocycles. The number of rotatable bonds is 5. The van der Waals surface area contributed by atoms with E-state index in [1.54, 1.807) is 0 Å². The highest BCUT2D eigenvalue weighted by molar-refractivity contribution is 5.83. The van der Waals surface area contributed by atoms with Crippen LogP contribution in [-0.2, 0) is 13.0 Å². The number of hydrogen-bond donors (Lipinski definition) is 0. The van der Waals surface area contributed by atoms with Crippen LogP contribution < -0.4 is 0 Å². The number of aromatic nitrogens is 1. The summed E-state index contributed by atoms with van der Waals surface area (Å²) in [4.78, 5) is 0. The molecule has 0 N–H and O–H groups in total. The number of aryl methyl sites for hydroxylation is 5. The zero-order valence-electron chi connectivity index (χ0n) is 16.9. The van der Waals surface area contributed by atoms with Crippen LogP contribution in [0.15, 0.2) is 85.2 Å². The zero-order chi connectivity index (χ0) is 19.5. The highest BCUT2D eigenvalue weighted by atomic mass is 14.9. The number of hydrogen-bond acceptors (Lipinski definition) is 0. The molecule has 140 valence electrons. The molecule has 0 atom stereocenters. The molecule has 1 nitrogen and oxygen atoms in total. The summed E-state index contributed by atoms with van der Waals surface area (Å²) in [5.41, 5.74) is 10.4. The van der Waals surface area contributed by atoms with E-state index in [1.807, 2.05) is 0 Å². The standard InChI is InChI=1S/C27H27N/c1-20-4-10-23(11-5-20)16-17-28-18-26(24-12-6-21(2)7-13-24)27(19-28)25-14-8-22(3)9-15-25/h4-15,18-19H,16-17H2,1-3H3. The van der Waals surface area contributed by atoms with Gasteiger partial charge in [0.25, 0.3) is 0 Å². The maximum Gasteiger partial charge on any atom is 0.0260 e. The molecule has 1 heteroatoms. The summed E-state index contributed by atoms with van der Waals surface area (Å²) < 4.78 is 2.34. The Morgan fingerprint density at radius 2 is 0.929 bits per heavy atom. The Bertz CT molecular complexity index is 986. The first-order valence-electron chi connectivity index (χ1n) is 9.98. The molecule has 0 bridgehead atoms. The molecule has 0 aliphatic rings. The van der Waals surface area contributed by atoms with Gasteiger partial charge in [0.1, 0.15) is 0 Å². The Morgan fingerprint density at radius 3 is 1.36 bits per heavy atom. The van der Waals surface area contributed by atoms with Gasteiger partial charge in [-0.2, -0.15) is 0 Å². The van der Waals surface area contributed by atoms with E-state index in [0.717, 1.165) is 13.0 Å². The molecule has 1 heterocycles. The first-order valence-corrected chi connectivity index (χ1v) is 9.98. The Labute approximate surface area is 168 Å². The Hall–Kier alpha value is -3.06. The highest BCUT2D eigenvalue weighted by Gasteiger charge is 2.11. The SMILES string of the molecule is Cc1ccc(CCn2cc(-c3ccc(C)cc3)c(-c3ccc(C)cc3)c2)cc1. The van der Waals surface area contributed by atoms with Crippen LogP contribution in [0.1, 0.15) is 22.3 Å². The first kappa shape index (κ1) is 18.3. The van der Waals surface area contributed by atoms with Crippen LogP contribution in [0.5, 0.6) is 0 Å². The topological polar surface area (TPSA) is 4.93 Å². The van der Waals surface area contributed by atoms with Crippen molar-refractivity contribution in [3.05, 3.63) is 107 Å². The van der Waals surface area contributed by atoms with Crippen molar-refractivity contribution in [3.63, 3.8) is 0 Å². The van der Waals surface area contributed by atoms with Crippen LogP contribution in [0, 0.1) is 20.8 Å². The second-order valence-corrected chi connectivity index (χ2v) is 7.79. The molecule has 1 aromatic heterocycles. The van der Waals surface area contributed by atoms with Gasteiger partial charge in [0.2, 0.25) is 0 Å². The molecule has 0 aliphatic heterocycles. The fraction of sp³-hybridized carbons (Fsp3) is 0.185. The molecule has 0 spiro atoms. The monoisotopic (exact) mass is 365 g/mol. The maximum absolute atomic E-state index is 2.34. The summed E-state index contributed by atoms with van der Waals surface area (Å²) in [7, 11) is 0. The average molecular weight is 366 g/mol. The second kappa shape index (κ2) is 7.90. The minimum atomic E-state index is 0.980. The van der Waals surface area contributed by atoms with Crippen molar-refractivity contribution < 1.29 is 0 Å². The van der Waals surface area contributed by atoms with Gasteiger partial charge in [0.15, 0.2) is 0 Å². The molecule has 4 rings (SSSR count). The Balaban J connectivity index is 1.67. The largest absolute Gasteiger partial charge is 0.353 e. The van der Waals surface area contributed by atoms with Crippen LogP contribution in [0.4, 0.5) is 0 Å². The average Bonchev–Trinajstić information content (AvgIpc) is 3.13. The van der Waals surface area contributed by atoms with Crippen molar-refractivity contribution in [3.8, 4) is 22.3 Å². The van der Waals surface area contributed by atoms with Crippen molar-refractivity contribution in [1.29, 1.82) is 0 Å². The van der Waals surface area contributed by atoms with E-state index >= 15 is 0 Å². The molecule has 0 radical (unpaired) electrons. The molecule has 0 unspecified atom stereocenters. The van der Waals surface area contributed by atoms with Gasteiger partial charge in [-0.15, -0.1) is 0 Å². The maximum atomic E-state index is 2.34. The van der Waals surface area contributed by atoms with Gasteiger partial charge in [-0.25, -0.2) is 0 Å². The molecule has 0 saturated carbocycles. The van der Waals surface area contributed by atoms with Gasteiger partial charge in [-0.3, -0.25) is 0 Å². The summed E-state index contributed by atoms with van der Waals surface area (Å²) in [6.45, 7) is 7.39. The number of benzene rings is 3. The lowest BCUT2D eigenvalue weighted by Gasteiger charge is -2.05. The van der Waals surface area contributed by atoms with E-state index in [2.05, 4.69) is 111 Å². The smallest absolute Gasteiger partial charge is 0.0260 e. The summed E-state index contributed by atoms with van der Waals surface area (Å²) >= 11 is 0. The van der Waals surface area contributed by atoms with E-state index in [-0.39, 0.29) is 0 Å². The summed E-state index contributed by atoms with van der Waals surface area (Å²) in [6.07, 6.45) is 5.64. The summed E-state index contributed by atoms with van der Waals surface area (Å²) in [6, 6.07) is 26.5. The lowest BCUT2D eigenvalue weighted by Crippen LogP contribution is -1.98. The molecule has 4 aromatic rings. The van der Waals surface area contributed by atoms with E-state index < -0.39 is 0 Å². The summed E-state index contributed by atoms with van der Waals surface area (Å²) in [5.74, 6) is 0. The third kappa shape index (κ3) is 4.09. The minimum absolute atomic E-state index is 0.980. The predicted molar refractivity (Wildman–Crippen MR) is 120 cm³/mol. The molecule has 28 heavy (non-hydrogen) atoms. The van der Waals surface area contributed by atoms with Crippen LogP contribution in [0.25, 0.3) is 22.3 Å². The quantitative estimate of drug-likeness (QED) is 0.359. The van der Waals surface area contributed by atoms with Gasteiger partial charge < -0.3 is 4.57 Å². The van der Waals surface area contributed by atoms with Crippen LogP contribution in [0.2, 0.25) is 0 Å². The second-order valence-electron chi connectivity index (χ2n) is 7.79. The molecular weight excluding hydrogens is 338 g/mol. The van der Waals surface area contributed by atoms with Crippen molar-refractivity contribution in [1.82, 2.24) is 4.57 Å². The van der Waals surface area contributed by atoms with E-state index in [4.69, 9.17) is 0 Å². The van der Waals surface area contributed by atoms with Crippen LogP contribution in [-0.4, -0.2) is 4.57 Å². The fourth-order valence-corrected chi connectivity index (χ4v) is 3.58. The molecule has 0 fully saturated rings. The highest BCUT2D eigenvalue weighted by Crippen LogP contribution is 2.33. The zero-order valence-corrected chi connectivity index (χ0v) is 16.9. The third-order valence-corrected chi connectivity index (χ3v) is 5.38. The van der Waals surface area contributed by atoms with E-state index in [0.29, 0.717) is 0 Å². The van der Waals surface area contributed by atoms with E-state index in [1.165, 1.54) is 44.5 Å².